The highest BCUT2D eigenvalue weighted by Crippen LogP contribution is 2.16. The molecule has 6 heteroatoms. The molecule has 92 valence electrons. The van der Waals surface area contributed by atoms with E-state index in [1.807, 2.05) is 12.1 Å². The van der Waals surface area contributed by atoms with Crippen molar-refractivity contribution in [3.8, 4) is 0 Å². The van der Waals surface area contributed by atoms with E-state index in [4.69, 9.17) is 5.11 Å². The maximum absolute atomic E-state index is 11.1. The molecular weight excluding hydrogens is 232 g/mol. The molecule has 0 atom stereocenters. The Morgan fingerprint density at radius 2 is 2.22 bits per heavy atom. The van der Waals surface area contributed by atoms with Crippen LogP contribution in [0.4, 0.5) is 5.82 Å². The van der Waals surface area contributed by atoms with Crippen molar-refractivity contribution in [1.82, 2.24) is 15.0 Å². The summed E-state index contributed by atoms with van der Waals surface area (Å²) >= 11 is 0. The second-order valence-corrected chi connectivity index (χ2v) is 3.78. The molecule has 18 heavy (non-hydrogen) atoms. The largest absolute Gasteiger partial charge is 0.477 e. The van der Waals surface area contributed by atoms with E-state index >= 15 is 0 Å². The molecule has 0 saturated carbocycles. The molecule has 0 aliphatic carbocycles. The van der Waals surface area contributed by atoms with Crippen LogP contribution in [0, 0.1) is 0 Å². The topological polar surface area (TPSA) is 79.2 Å². The van der Waals surface area contributed by atoms with Gasteiger partial charge in [-0.1, -0.05) is 6.07 Å². The van der Waals surface area contributed by atoms with Crippen molar-refractivity contribution in [1.29, 1.82) is 0 Å². The Labute approximate surface area is 104 Å². The lowest BCUT2D eigenvalue weighted by atomic mass is 10.2. The van der Waals surface area contributed by atoms with E-state index in [0.29, 0.717) is 12.4 Å². The van der Waals surface area contributed by atoms with Crippen molar-refractivity contribution < 1.29 is 9.90 Å². The molecule has 0 aliphatic heterocycles. The van der Waals surface area contributed by atoms with Crippen LogP contribution in [0.3, 0.4) is 0 Å². The molecule has 0 aromatic carbocycles. The third-order valence-corrected chi connectivity index (χ3v) is 2.43. The second kappa shape index (κ2) is 5.22. The van der Waals surface area contributed by atoms with E-state index in [1.165, 1.54) is 12.5 Å². The van der Waals surface area contributed by atoms with Gasteiger partial charge in [-0.3, -0.25) is 4.98 Å². The zero-order valence-electron chi connectivity index (χ0n) is 9.82. The summed E-state index contributed by atoms with van der Waals surface area (Å²) in [5, 5.41) is 9.06. The van der Waals surface area contributed by atoms with Crippen molar-refractivity contribution in [2.24, 2.45) is 0 Å². The molecule has 0 fully saturated rings. The Balaban J connectivity index is 2.24. The van der Waals surface area contributed by atoms with Gasteiger partial charge < -0.3 is 10.0 Å². The number of rotatable bonds is 4. The molecule has 6 nitrogen and oxygen atoms in total. The van der Waals surface area contributed by atoms with Crippen molar-refractivity contribution >= 4 is 11.8 Å². The SMILES string of the molecule is CN(Cc1cccnc1)c1ncncc1C(=O)O. The van der Waals surface area contributed by atoms with Gasteiger partial charge in [-0.15, -0.1) is 0 Å². The number of hydrogen-bond donors (Lipinski definition) is 1. The minimum atomic E-state index is -1.04. The Morgan fingerprint density at radius 1 is 1.39 bits per heavy atom. The van der Waals surface area contributed by atoms with Gasteiger partial charge in [0.05, 0.1) is 0 Å². The highest BCUT2D eigenvalue weighted by Gasteiger charge is 2.15. The average molecular weight is 244 g/mol. The van der Waals surface area contributed by atoms with Crippen LogP contribution in [-0.2, 0) is 6.54 Å². The first-order valence-electron chi connectivity index (χ1n) is 5.32. The van der Waals surface area contributed by atoms with Crippen LogP contribution in [-0.4, -0.2) is 33.1 Å². The summed E-state index contributed by atoms with van der Waals surface area (Å²) in [6.07, 6.45) is 6.06. The number of pyridine rings is 1. The number of nitrogens with zero attached hydrogens (tertiary/aromatic N) is 4. The minimum absolute atomic E-state index is 0.0869. The number of hydrogen-bond acceptors (Lipinski definition) is 5. The van der Waals surface area contributed by atoms with Gasteiger partial charge in [0.2, 0.25) is 0 Å². The fourth-order valence-corrected chi connectivity index (χ4v) is 1.62. The summed E-state index contributed by atoms with van der Waals surface area (Å²) in [7, 11) is 1.78. The normalized spacial score (nSPS) is 10.1. The summed E-state index contributed by atoms with van der Waals surface area (Å²) in [6.45, 7) is 0.533. The van der Waals surface area contributed by atoms with E-state index < -0.39 is 5.97 Å². The van der Waals surface area contributed by atoms with Gasteiger partial charge in [0.25, 0.3) is 0 Å². The first kappa shape index (κ1) is 12.0. The van der Waals surface area contributed by atoms with Crippen molar-refractivity contribution in [2.75, 3.05) is 11.9 Å². The fourth-order valence-electron chi connectivity index (χ4n) is 1.62. The number of carboxylic acid groups (broad SMARTS) is 1. The standard InChI is InChI=1S/C12H12N4O2/c1-16(7-9-3-2-4-13-5-9)11-10(12(17)18)6-14-8-15-11/h2-6,8H,7H2,1H3,(H,17,18). The summed E-state index contributed by atoms with van der Waals surface area (Å²) in [4.78, 5) is 24.6. The lowest BCUT2D eigenvalue weighted by Gasteiger charge is -2.19. The number of carbonyl (C=O) groups is 1. The van der Waals surface area contributed by atoms with Crippen LogP contribution in [0.25, 0.3) is 0 Å². The lowest BCUT2D eigenvalue weighted by molar-refractivity contribution is 0.0696. The highest BCUT2D eigenvalue weighted by molar-refractivity contribution is 5.92. The predicted molar refractivity (Wildman–Crippen MR) is 65.3 cm³/mol. The number of aromatic carboxylic acids is 1. The number of aromatic nitrogens is 3. The van der Waals surface area contributed by atoms with E-state index in [1.54, 1.807) is 24.3 Å². The van der Waals surface area contributed by atoms with Gasteiger partial charge in [-0.05, 0) is 11.6 Å². The predicted octanol–water partition coefficient (Wildman–Crippen LogP) is 1.21. The lowest BCUT2D eigenvalue weighted by Crippen LogP contribution is -2.21. The van der Waals surface area contributed by atoms with Crippen LogP contribution in [0.1, 0.15) is 15.9 Å². The number of anilines is 1. The Kier molecular flexibility index (Phi) is 3.47. The molecule has 0 aliphatic rings. The number of carboxylic acids is 1. The molecule has 0 saturated heterocycles. The van der Waals surface area contributed by atoms with Crippen LogP contribution in [0.2, 0.25) is 0 Å². The first-order chi connectivity index (χ1) is 8.68. The minimum Gasteiger partial charge on any atom is -0.477 e. The highest BCUT2D eigenvalue weighted by atomic mass is 16.4. The Bertz CT molecular complexity index is 545. The van der Waals surface area contributed by atoms with Gasteiger partial charge in [-0.25, -0.2) is 14.8 Å². The molecule has 1 N–H and O–H groups in total. The fraction of sp³-hybridized carbons (Fsp3) is 0.167. The molecule has 0 amide bonds. The van der Waals surface area contributed by atoms with Gasteiger partial charge in [-0.2, -0.15) is 0 Å². The summed E-state index contributed by atoms with van der Waals surface area (Å²) in [5.41, 5.74) is 1.07. The van der Waals surface area contributed by atoms with Crippen molar-refractivity contribution in [3.05, 3.63) is 48.2 Å². The second-order valence-electron chi connectivity index (χ2n) is 3.78. The quantitative estimate of drug-likeness (QED) is 0.870. The van der Waals surface area contributed by atoms with E-state index in [0.717, 1.165) is 5.56 Å². The van der Waals surface area contributed by atoms with Crippen molar-refractivity contribution in [2.45, 2.75) is 6.54 Å². The molecule has 0 unspecified atom stereocenters. The molecule has 0 spiro atoms. The molecular formula is C12H12N4O2. The first-order valence-corrected chi connectivity index (χ1v) is 5.32. The third-order valence-electron chi connectivity index (χ3n) is 2.43. The third kappa shape index (κ3) is 2.60. The Morgan fingerprint density at radius 3 is 2.89 bits per heavy atom. The zero-order valence-corrected chi connectivity index (χ0v) is 9.82. The van der Waals surface area contributed by atoms with Crippen LogP contribution in [0.15, 0.2) is 37.1 Å². The average Bonchev–Trinajstić information content (AvgIpc) is 2.40. The smallest absolute Gasteiger partial charge is 0.341 e. The summed E-state index contributed by atoms with van der Waals surface area (Å²) in [6, 6.07) is 3.76. The monoisotopic (exact) mass is 244 g/mol. The van der Waals surface area contributed by atoms with Gasteiger partial charge in [0, 0.05) is 32.2 Å². The zero-order chi connectivity index (χ0) is 13.0. The molecule has 0 bridgehead atoms. The van der Waals surface area contributed by atoms with E-state index in [2.05, 4.69) is 15.0 Å². The van der Waals surface area contributed by atoms with Crippen LogP contribution in [0.5, 0.6) is 0 Å². The maximum atomic E-state index is 11.1. The van der Waals surface area contributed by atoms with E-state index in [-0.39, 0.29) is 5.56 Å². The summed E-state index contributed by atoms with van der Waals surface area (Å²) in [5.74, 6) is -0.648. The maximum Gasteiger partial charge on any atom is 0.341 e. The van der Waals surface area contributed by atoms with Gasteiger partial charge >= 0.3 is 5.97 Å². The van der Waals surface area contributed by atoms with Crippen LogP contribution < -0.4 is 4.90 Å². The molecule has 2 aromatic rings. The molecule has 2 rings (SSSR count). The van der Waals surface area contributed by atoms with Crippen LogP contribution >= 0.6 is 0 Å². The molecule has 2 heterocycles. The van der Waals surface area contributed by atoms with E-state index in [9.17, 15) is 4.79 Å². The summed E-state index contributed by atoms with van der Waals surface area (Å²) < 4.78 is 0. The van der Waals surface area contributed by atoms with Gasteiger partial charge in [0.1, 0.15) is 17.7 Å². The molecule has 0 radical (unpaired) electrons. The molecule has 2 aromatic heterocycles. The van der Waals surface area contributed by atoms with Crippen molar-refractivity contribution in [3.63, 3.8) is 0 Å². The van der Waals surface area contributed by atoms with Gasteiger partial charge in [0.15, 0.2) is 0 Å². The Hall–Kier alpha value is -2.50.